The number of non-ortho nitro benzene ring substituents is 1. The molecule has 2 rings (SSSR count). The highest BCUT2D eigenvalue weighted by Crippen LogP contribution is 2.44. The summed E-state index contributed by atoms with van der Waals surface area (Å²) in [6.45, 7) is 10.4. The van der Waals surface area contributed by atoms with E-state index in [1.807, 2.05) is 40.7 Å². The van der Waals surface area contributed by atoms with Gasteiger partial charge in [0, 0.05) is 18.7 Å². The number of hydrogen-bond acceptors (Lipinski definition) is 5. The Morgan fingerprint density at radius 3 is 1.85 bits per heavy atom. The van der Waals surface area contributed by atoms with Crippen molar-refractivity contribution in [3.63, 3.8) is 0 Å². The summed E-state index contributed by atoms with van der Waals surface area (Å²) in [6.07, 6.45) is 0.742. The van der Waals surface area contributed by atoms with Gasteiger partial charge in [0.15, 0.2) is 0 Å². The predicted molar refractivity (Wildman–Crippen MR) is 109 cm³/mol. The minimum atomic E-state index is -3.64. The van der Waals surface area contributed by atoms with Crippen LogP contribution in [0.15, 0.2) is 54.6 Å². The van der Waals surface area contributed by atoms with E-state index in [0.29, 0.717) is 12.3 Å². The summed E-state index contributed by atoms with van der Waals surface area (Å²) in [5.74, 6) is 0.625. The maximum atomic E-state index is 12.8. The third-order valence-corrected chi connectivity index (χ3v) is 4.31. The number of rotatable bonds is 8. The molecule has 0 aliphatic carbocycles. The molecule has 0 saturated carbocycles. The van der Waals surface area contributed by atoms with Crippen LogP contribution in [-0.4, -0.2) is 11.5 Å². The van der Waals surface area contributed by atoms with Crippen molar-refractivity contribution in [2.45, 2.75) is 41.0 Å². The summed E-state index contributed by atoms with van der Waals surface area (Å²) in [6, 6.07) is 14.0. The lowest BCUT2D eigenvalue weighted by molar-refractivity contribution is -0.384. The zero-order valence-electron chi connectivity index (χ0n) is 16.5. The number of nitrogens with zero attached hydrogens (tertiary/aromatic N) is 1. The number of benzene rings is 2. The van der Waals surface area contributed by atoms with E-state index >= 15 is 0 Å². The fraction of sp³-hybridized carbons (Fsp3) is 0.368. The molecule has 1 atom stereocenters. The Labute approximate surface area is 161 Å². The first-order valence-electron chi connectivity index (χ1n) is 9.06. The van der Waals surface area contributed by atoms with Crippen molar-refractivity contribution in [2.75, 3.05) is 6.54 Å². The highest BCUT2D eigenvalue weighted by molar-refractivity contribution is 7.52. The van der Waals surface area contributed by atoms with Crippen LogP contribution in [0.2, 0.25) is 0 Å². The van der Waals surface area contributed by atoms with E-state index in [9.17, 15) is 14.7 Å². The highest BCUT2D eigenvalue weighted by Gasteiger charge is 2.27. The molecule has 150 valence electrons. The summed E-state index contributed by atoms with van der Waals surface area (Å²) in [4.78, 5) is 10.1. The number of nitro benzene ring substituents is 1. The summed E-state index contributed by atoms with van der Waals surface area (Å²) in [5, 5.41) is 13.4. The molecule has 1 N–H and O–H groups in total. The lowest BCUT2D eigenvalue weighted by Gasteiger charge is -2.20. The van der Waals surface area contributed by atoms with E-state index in [2.05, 4.69) is 5.09 Å². The van der Waals surface area contributed by atoms with Crippen molar-refractivity contribution in [1.82, 2.24) is 5.09 Å². The Morgan fingerprint density at radius 2 is 1.41 bits per heavy atom. The summed E-state index contributed by atoms with van der Waals surface area (Å²) < 4.78 is 23.8. The minimum Gasteiger partial charge on any atom is -0.405 e. The normalized spacial score (nSPS) is 11.6. The quantitative estimate of drug-likeness (QED) is 0.324. The second kappa shape index (κ2) is 13.8. The van der Waals surface area contributed by atoms with Crippen LogP contribution < -0.4 is 14.1 Å². The first-order valence-corrected chi connectivity index (χ1v) is 10.6. The summed E-state index contributed by atoms with van der Waals surface area (Å²) >= 11 is 0. The van der Waals surface area contributed by atoms with Crippen LogP contribution in [0.3, 0.4) is 0 Å². The molecule has 2 aromatic rings. The van der Waals surface area contributed by atoms with Crippen LogP contribution in [0.5, 0.6) is 11.5 Å². The monoisotopic (exact) mass is 396 g/mol. The van der Waals surface area contributed by atoms with Gasteiger partial charge in [0.1, 0.15) is 11.5 Å². The molecular formula is C19H29N2O5P. The zero-order chi connectivity index (χ0) is 20.7. The topological polar surface area (TPSA) is 90.7 Å². The van der Waals surface area contributed by atoms with Crippen LogP contribution in [-0.2, 0) is 4.57 Å². The lowest BCUT2D eigenvalue weighted by Crippen LogP contribution is -2.19. The van der Waals surface area contributed by atoms with Gasteiger partial charge < -0.3 is 9.05 Å². The second-order valence-electron chi connectivity index (χ2n) is 4.65. The molecule has 0 aliphatic heterocycles. The van der Waals surface area contributed by atoms with Crippen LogP contribution in [0.4, 0.5) is 5.69 Å². The average Bonchev–Trinajstić information content (AvgIpc) is 2.70. The fourth-order valence-corrected chi connectivity index (χ4v) is 3.18. The van der Waals surface area contributed by atoms with Gasteiger partial charge in [0.2, 0.25) is 0 Å². The third kappa shape index (κ3) is 9.22. The van der Waals surface area contributed by atoms with Gasteiger partial charge in [0.05, 0.1) is 4.92 Å². The smallest absolute Gasteiger partial charge is 0.405 e. The van der Waals surface area contributed by atoms with Gasteiger partial charge in [-0.25, -0.2) is 9.65 Å². The van der Waals surface area contributed by atoms with Gasteiger partial charge in [-0.2, -0.15) is 0 Å². The molecule has 1 unspecified atom stereocenters. The van der Waals surface area contributed by atoms with Gasteiger partial charge in [-0.3, -0.25) is 10.1 Å². The molecule has 0 aromatic heterocycles. The molecule has 0 amide bonds. The Hall–Kier alpha value is -2.37. The van der Waals surface area contributed by atoms with E-state index in [1.165, 1.54) is 24.3 Å². The average molecular weight is 396 g/mol. The van der Waals surface area contributed by atoms with E-state index < -0.39 is 12.7 Å². The van der Waals surface area contributed by atoms with Gasteiger partial charge in [-0.15, -0.1) is 0 Å². The fourth-order valence-electron chi connectivity index (χ4n) is 1.72. The lowest BCUT2D eigenvalue weighted by atomic mass is 10.3. The maximum absolute atomic E-state index is 12.8. The molecule has 8 heteroatoms. The van der Waals surface area contributed by atoms with Crippen LogP contribution in [0, 0.1) is 10.1 Å². The highest BCUT2D eigenvalue weighted by atomic mass is 31.2. The number of para-hydroxylation sites is 1. The zero-order valence-corrected chi connectivity index (χ0v) is 17.4. The van der Waals surface area contributed by atoms with Gasteiger partial charge in [-0.05, 0) is 30.7 Å². The SMILES string of the molecule is CC.CC.CCCNP(=O)(Oc1ccccc1)Oc1ccc([N+](=O)[O-])cc1. The van der Waals surface area contributed by atoms with E-state index in [-0.39, 0.29) is 11.4 Å². The Balaban J connectivity index is 0.00000158. The van der Waals surface area contributed by atoms with Crippen LogP contribution in [0.25, 0.3) is 0 Å². The van der Waals surface area contributed by atoms with Crippen molar-refractivity contribution in [3.05, 3.63) is 64.7 Å². The van der Waals surface area contributed by atoms with Gasteiger partial charge in [0.25, 0.3) is 5.69 Å². The number of nitro groups is 1. The summed E-state index contributed by atoms with van der Waals surface area (Å²) in [5.41, 5.74) is -0.0716. The van der Waals surface area contributed by atoms with Crippen molar-refractivity contribution >= 4 is 13.4 Å². The first kappa shape index (κ1) is 24.6. The van der Waals surface area contributed by atoms with Crippen LogP contribution in [0.1, 0.15) is 41.0 Å². The van der Waals surface area contributed by atoms with Gasteiger partial charge in [-0.1, -0.05) is 52.8 Å². The van der Waals surface area contributed by atoms with E-state index in [1.54, 1.807) is 24.3 Å². The maximum Gasteiger partial charge on any atom is 0.512 e. The molecular weight excluding hydrogens is 367 g/mol. The Kier molecular flexibility index (Phi) is 12.6. The largest absolute Gasteiger partial charge is 0.512 e. The van der Waals surface area contributed by atoms with Crippen molar-refractivity contribution < 1.29 is 18.5 Å². The molecule has 0 heterocycles. The number of nitrogens with one attached hydrogen (secondary N) is 1. The molecule has 0 spiro atoms. The van der Waals surface area contributed by atoms with E-state index in [4.69, 9.17) is 9.05 Å². The molecule has 0 fully saturated rings. The Morgan fingerprint density at radius 1 is 0.926 bits per heavy atom. The third-order valence-electron chi connectivity index (χ3n) is 2.80. The molecule has 2 aromatic carbocycles. The number of hydrogen-bond donors (Lipinski definition) is 1. The first-order chi connectivity index (χ1) is 13.0. The predicted octanol–water partition coefficient (Wildman–Crippen LogP) is 6.21. The summed E-state index contributed by atoms with van der Waals surface area (Å²) in [7, 11) is -3.64. The molecule has 0 saturated heterocycles. The van der Waals surface area contributed by atoms with Crippen LogP contribution >= 0.6 is 7.75 Å². The van der Waals surface area contributed by atoms with E-state index in [0.717, 1.165) is 6.42 Å². The molecule has 7 nitrogen and oxygen atoms in total. The standard InChI is InChI=1S/C15H17N2O5P.2C2H6/c1-2-12-16-23(20,21-14-6-4-3-5-7-14)22-15-10-8-13(9-11-15)17(18)19;2*1-2/h3-11H,2,12H2,1H3,(H,16,20);2*1-2H3. The molecule has 0 aliphatic rings. The minimum absolute atomic E-state index is 0.0716. The van der Waals surface area contributed by atoms with Crippen molar-refractivity contribution in [1.29, 1.82) is 0 Å². The van der Waals surface area contributed by atoms with Gasteiger partial charge >= 0.3 is 7.75 Å². The molecule has 0 radical (unpaired) electrons. The molecule has 0 bridgehead atoms. The Bertz CT molecular complexity index is 693. The van der Waals surface area contributed by atoms with Crippen molar-refractivity contribution in [2.24, 2.45) is 0 Å². The molecule has 27 heavy (non-hydrogen) atoms. The van der Waals surface area contributed by atoms with Crippen molar-refractivity contribution in [3.8, 4) is 11.5 Å². The second-order valence-corrected chi connectivity index (χ2v) is 6.33.